The van der Waals surface area contributed by atoms with Crippen LogP contribution in [0.3, 0.4) is 0 Å². The van der Waals surface area contributed by atoms with Crippen molar-refractivity contribution < 1.29 is 9.52 Å². The predicted molar refractivity (Wildman–Crippen MR) is 92.6 cm³/mol. The van der Waals surface area contributed by atoms with E-state index in [2.05, 4.69) is 15.8 Å². The zero-order chi connectivity index (χ0) is 15.9. The molecule has 0 atom stereocenters. The lowest BCUT2D eigenvalue weighted by Gasteiger charge is -2.03. The number of nitrogens with zero attached hydrogens (tertiary/aromatic N) is 1. The largest absolute Gasteiger partial charge is 0.455 e. The number of hydrogen-bond donors (Lipinski definition) is 3. The Balaban J connectivity index is 2.01. The van der Waals surface area contributed by atoms with Crippen LogP contribution in [0.2, 0.25) is 10.0 Å². The van der Waals surface area contributed by atoms with Crippen LogP contribution in [0.4, 0.5) is 0 Å². The zero-order valence-corrected chi connectivity index (χ0v) is 13.7. The predicted octanol–water partition coefficient (Wildman–Crippen LogP) is 3.04. The Morgan fingerprint density at radius 1 is 1.32 bits per heavy atom. The Morgan fingerprint density at radius 2 is 2.14 bits per heavy atom. The molecule has 22 heavy (non-hydrogen) atoms. The maximum Gasteiger partial charge on any atom is 0.187 e. The van der Waals surface area contributed by atoms with Gasteiger partial charge in [0.25, 0.3) is 0 Å². The van der Waals surface area contributed by atoms with E-state index < -0.39 is 0 Å². The van der Waals surface area contributed by atoms with Gasteiger partial charge >= 0.3 is 0 Å². The number of aliphatic hydroxyl groups excluding tert-OH is 1. The van der Waals surface area contributed by atoms with Crippen LogP contribution >= 0.6 is 35.4 Å². The minimum atomic E-state index is -0.00503. The number of hydrazone groups is 1. The molecule has 0 bridgehead atoms. The van der Waals surface area contributed by atoms with E-state index in [0.29, 0.717) is 33.2 Å². The van der Waals surface area contributed by atoms with Gasteiger partial charge in [0, 0.05) is 17.1 Å². The summed E-state index contributed by atoms with van der Waals surface area (Å²) in [6, 6.07) is 8.73. The molecule has 1 aromatic carbocycles. The van der Waals surface area contributed by atoms with Crippen LogP contribution in [-0.4, -0.2) is 29.6 Å². The van der Waals surface area contributed by atoms with E-state index >= 15 is 0 Å². The first kappa shape index (κ1) is 16.8. The number of aliphatic hydroxyl groups is 1. The third-order valence-electron chi connectivity index (χ3n) is 2.58. The summed E-state index contributed by atoms with van der Waals surface area (Å²) < 4.78 is 5.63. The number of thiocarbonyl (C=S) groups is 1. The van der Waals surface area contributed by atoms with Gasteiger partial charge in [0.1, 0.15) is 11.5 Å². The zero-order valence-electron chi connectivity index (χ0n) is 11.3. The second-order valence-electron chi connectivity index (χ2n) is 4.18. The first-order chi connectivity index (χ1) is 10.6. The highest BCUT2D eigenvalue weighted by Gasteiger charge is 2.08. The minimum absolute atomic E-state index is 0.00503. The van der Waals surface area contributed by atoms with Crippen LogP contribution < -0.4 is 10.7 Å². The lowest BCUT2D eigenvalue weighted by molar-refractivity contribution is 0.300. The molecule has 1 aromatic heterocycles. The Morgan fingerprint density at radius 3 is 2.86 bits per heavy atom. The molecule has 0 spiro atoms. The smallest absolute Gasteiger partial charge is 0.187 e. The summed E-state index contributed by atoms with van der Waals surface area (Å²) in [5.41, 5.74) is 3.36. The molecule has 0 aliphatic carbocycles. The molecule has 0 fully saturated rings. The van der Waals surface area contributed by atoms with Gasteiger partial charge in [0.05, 0.1) is 17.8 Å². The Kier molecular flexibility index (Phi) is 6.21. The molecular weight excluding hydrogens is 345 g/mol. The van der Waals surface area contributed by atoms with Crippen LogP contribution in [0, 0.1) is 0 Å². The number of nitrogens with one attached hydrogen (secondary N) is 2. The van der Waals surface area contributed by atoms with Gasteiger partial charge < -0.3 is 14.8 Å². The fourth-order valence-corrected chi connectivity index (χ4v) is 2.28. The molecular formula is C14H13Cl2N3O2S. The normalized spacial score (nSPS) is 10.9. The van der Waals surface area contributed by atoms with Crippen molar-refractivity contribution in [3.8, 4) is 11.3 Å². The lowest BCUT2D eigenvalue weighted by Crippen LogP contribution is -2.33. The topological polar surface area (TPSA) is 69.8 Å². The van der Waals surface area contributed by atoms with Gasteiger partial charge in [-0.15, -0.1) is 0 Å². The highest BCUT2D eigenvalue weighted by atomic mass is 35.5. The first-order valence-corrected chi connectivity index (χ1v) is 7.49. The van der Waals surface area contributed by atoms with Crippen LogP contribution in [-0.2, 0) is 0 Å². The van der Waals surface area contributed by atoms with Crippen molar-refractivity contribution in [1.82, 2.24) is 10.7 Å². The summed E-state index contributed by atoms with van der Waals surface area (Å²) in [6.45, 7) is 0.357. The van der Waals surface area contributed by atoms with Crippen molar-refractivity contribution in [2.45, 2.75) is 0 Å². The summed E-state index contributed by atoms with van der Waals surface area (Å²) in [5.74, 6) is 1.16. The van der Waals surface area contributed by atoms with Gasteiger partial charge in [-0.3, -0.25) is 5.43 Å². The van der Waals surface area contributed by atoms with Crippen molar-refractivity contribution in [3.05, 3.63) is 46.1 Å². The lowest BCUT2D eigenvalue weighted by atomic mass is 10.2. The third kappa shape index (κ3) is 4.71. The van der Waals surface area contributed by atoms with E-state index in [4.69, 9.17) is 44.9 Å². The molecule has 0 aliphatic rings. The van der Waals surface area contributed by atoms with Gasteiger partial charge in [0.15, 0.2) is 5.11 Å². The van der Waals surface area contributed by atoms with E-state index in [0.717, 1.165) is 5.56 Å². The average Bonchev–Trinajstić information content (AvgIpc) is 2.93. The molecule has 1 heterocycles. The fourth-order valence-electron chi connectivity index (χ4n) is 1.62. The number of benzene rings is 1. The van der Waals surface area contributed by atoms with Crippen molar-refractivity contribution >= 4 is 46.7 Å². The standard InChI is InChI=1S/C14H13Cl2N3O2S/c15-9-1-3-11(12(16)7-9)13-4-2-10(21-13)8-18-19-14(22)17-5-6-20/h1-4,7-8,20H,5-6H2,(H2,17,19,22). The van der Waals surface area contributed by atoms with Crippen molar-refractivity contribution in [2.75, 3.05) is 13.2 Å². The number of rotatable bonds is 5. The monoisotopic (exact) mass is 357 g/mol. The van der Waals surface area contributed by atoms with Crippen molar-refractivity contribution in [3.63, 3.8) is 0 Å². The molecule has 0 radical (unpaired) electrons. The quantitative estimate of drug-likeness (QED) is 0.435. The first-order valence-electron chi connectivity index (χ1n) is 6.33. The maximum atomic E-state index is 8.65. The van der Waals surface area contributed by atoms with Gasteiger partial charge in [0.2, 0.25) is 0 Å². The molecule has 3 N–H and O–H groups in total. The third-order valence-corrected chi connectivity index (χ3v) is 3.36. The molecule has 5 nitrogen and oxygen atoms in total. The van der Waals surface area contributed by atoms with Crippen LogP contribution in [0.15, 0.2) is 39.9 Å². The van der Waals surface area contributed by atoms with Gasteiger partial charge in [-0.25, -0.2) is 0 Å². The molecule has 2 aromatic rings. The van der Waals surface area contributed by atoms with E-state index in [1.165, 1.54) is 6.21 Å². The second-order valence-corrected chi connectivity index (χ2v) is 5.43. The van der Waals surface area contributed by atoms with E-state index in [1.54, 1.807) is 30.3 Å². The highest BCUT2D eigenvalue weighted by Crippen LogP contribution is 2.31. The van der Waals surface area contributed by atoms with Crippen LogP contribution in [0.1, 0.15) is 5.76 Å². The number of furan rings is 1. The molecule has 8 heteroatoms. The Bertz CT molecular complexity index is 688. The average molecular weight is 358 g/mol. The van der Waals surface area contributed by atoms with Crippen molar-refractivity contribution in [2.24, 2.45) is 5.10 Å². The summed E-state index contributed by atoms with van der Waals surface area (Å²) in [4.78, 5) is 0. The SMILES string of the molecule is OCCNC(=S)NN=Cc1ccc(-c2ccc(Cl)cc2Cl)o1. The van der Waals surface area contributed by atoms with Crippen LogP contribution in [0.5, 0.6) is 0 Å². The molecule has 0 aliphatic heterocycles. The Labute approximate surface area is 142 Å². The molecule has 2 rings (SSSR count). The fraction of sp³-hybridized carbons (Fsp3) is 0.143. The van der Waals surface area contributed by atoms with E-state index in [9.17, 15) is 0 Å². The van der Waals surface area contributed by atoms with E-state index in [1.807, 2.05) is 0 Å². The summed E-state index contributed by atoms with van der Waals surface area (Å²) in [7, 11) is 0. The van der Waals surface area contributed by atoms with Gasteiger partial charge in [-0.2, -0.15) is 5.10 Å². The summed E-state index contributed by atoms with van der Waals surface area (Å²) in [6.07, 6.45) is 1.49. The van der Waals surface area contributed by atoms with E-state index in [-0.39, 0.29) is 6.61 Å². The molecule has 116 valence electrons. The minimum Gasteiger partial charge on any atom is -0.455 e. The van der Waals surface area contributed by atoms with Crippen molar-refractivity contribution in [1.29, 1.82) is 0 Å². The highest BCUT2D eigenvalue weighted by molar-refractivity contribution is 7.80. The maximum absolute atomic E-state index is 8.65. The number of halogens is 2. The Hall–Kier alpha value is -1.60. The molecule has 0 saturated heterocycles. The van der Waals surface area contributed by atoms with Gasteiger partial charge in [-0.1, -0.05) is 23.2 Å². The summed E-state index contributed by atoms with van der Waals surface area (Å²) in [5, 5.41) is 16.7. The van der Waals surface area contributed by atoms with Gasteiger partial charge in [-0.05, 0) is 42.5 Å². The summed E-state index contributed by atoms with van der Waals surface area (Å²) >= 11 is 16.9. The molecule has 0 unspecified atom stereocenters. The second kappa shape index (κ2) is 8.14. The van der Waals surface area contributed by atoms with Crippen LogP contribution in [0.25, 0.3) is 11.3 Å². The molecule has 0 saturated carbocycles. The molecule has 0 amide bonds. The number of hydrogen-bond acceptors (Lipinski definition) is 4.